The van der Waals surface area contributed by atoms with Gasteiger partial charge in [0.2, 0.25) is 0 Å². The van der Waals surface area contributed by atoms with Crippen LogP contribution in [-0.4, -0.2) is 74.9 Å². The van der Waals surface area contributed by atoms with Crippen molar-refractivity contribution in [3.05, 3.63) is 12.2 Å². The highest BCUT2D eigenvalue weighted by molar-refractivity contribution is 7.47. The summed E-state index contributed by atoms with van der Waals surface area (Å²) in [5.41, 5.74) is 0. The van der Waals surface area contributed by atoms with Crippen molar-refractivity contribution in [3.8, 4) is 0 Å². The predicted molar refractivity (Wildman–Crippen MR) is 208 cm³/mol. The molecule has 0 aromatic carbocycles. The Balaban J connectivity index is 0. The van der Waals surface area contributed by atoms with Gasteiger partial charge >= 0.3 is 19.8 Å². The molecule has 0 fully saturated rings. The van der Waals surface area contributed by atoms with Crippen LogP contribution in [0.3, 0.4) is 0 Å². The van der Waals surface area contributed by atoms with Crippen LogP contribution in [0.4, 0.5) is 0 Å². The van der Waals surface area contributed by atoms with Crippen molar-refractivity contribution in [2.45, 2.75) is 188 Å². The molecule has 0 aliphatic rings. The molecular weight excluding hydrogens is 653 g/mol. The van der Waals surface area contributed by atoms with Crippen LogP contribution in [0.1, 0.15) is 182 Å². The molecule has 50 heavy (non-hydrogen) atoms. The van der Waals surface area contributed by atoms with Crippen molar-refractivity contribution < 1.29 is 42.1 Å². The number of unbranched alkanes of at least 4 members (excludes halogenated alkanes) is 19. The van der Waals surface area contributed by atoms with Gasteiger partial charge in [-0.25, -0.2) is 4.57 Å². The van der Waals surface area contributed by atoms with E-state index in [1.165, 1.54) is 103 Å². The molecule has 0 saturated carbocycles. The average molecular weight is 735 g/mol. The summed E-state index contributed by atoms with van der Waals surface area (Å²) in [5.74, 6) is -0.910. The Hall–Kier alpha value is -1.25. The second-order valence-corrected chi connectivity index (χ2v) is 16.0. The van der Waals surface area contributed by atoms with Gasteiger partial charge in [-0.2, -0.15) is 0 Å². The summed E-state index contributed by atoms with van der Waals surface area (Å²) in [7, 11) is 1.46. The molecule has 0 spiro atoms. The second kappa shape index (κ2) is 36.1. The summed E-state index contributed by atoms with van der Waals surface area (Å²) >= 11 is 0. The number of hydrogen-bond acceptors (Lipinski definition) is 7. The van der Waals surface area contributed by atoms with E-state index in [9.17, 15) is 19.0 Å². The summed E-state index contributed by atoms with van der Waals surface area (Å²) in [6.45, 7) is 8.33. The Labute approximate surface area is 308 Å². The average Bonchev–Trinajstić information content (AvgIpc) is 3.06. The lowest BCUT2D eigenvalue weighted by Crippen LogP contribution is -2.37. The van der Waals surface area contributed by atoms with Crippen molar-refractivity contribution in [2.75, 3.05) is 47.5 Å². The van der Waals surface area contributed by atoms with E-state index in [1.807, 2.05) is 21.1 Å². The molecule has 0 saturated heterocycles. The van der Waals surface area contributed by atoms with Crippen LogP contribution in [0.25, 0.3) is 0 Å². The third kappa shape index (κ3) is 41.2. The highest BCUT2D eigenvalue weighted by Crippen LogP contribution is 2.43. The maximum absolute atomic E-state index is 12.3. The number of hydrogen-bond donors (Lipinski definition) is 1. The first kappa shape index (κ1) is 50.9. The predicted octanol–water partition coefficient (Wildman–Crippen LogP) is 11.3. The molecule has 1 N–H and O–H groups in total. The fraction of sp³-hybridized carbons (Fsp3) is 0.900. The van der Waals surface area contributed by atoms with Gasteiger partial charge in [0.1, 0.15) is 19.8 Å². The van der Waals surface area contributed by atoms with Crippen LogP contribution in [-0.2, 0) is 32.7 Å². The monoisotopic (exact) mass is 735 g/mol. The van der Waals surface area contributed by atoms with Crippen molar-refractivity contribution in [3.63, 3.8) is 0 Å². The minimum Gasteiger partial charge on any atom is -0.462 e. The zero-order valence-corrected chi connectivity index (χ0v) is 34.6. The van der Waals surface area contributed by atoms with Crippen LogP contribution in [0.2, 0.25) is 0 Å². The molecule has 1 unspecified atom stereocenters. The fourth-order valence-electron chi connectivity index (χ4n) is 5.02. The number of phosphoric ester groups is 1. The van der Waals surface area contributed by atoms with Gasteiger partial charge in [0.15, 0.2) is 6.10 Å². The van der Waals surface area contributed by atoms with Crippen LogP contribution in [0.15, 0.2) is 12.2 Å². The van der Waals surface area contributed by atoms with E-state index in [4.69, 9.17) is 18.5 Å². The maximum Gasteiger partial charge on any atom is 0.472 e. The number of rotatable bonds is 34. The third-order valence-electron chi connectivity index (χ3n) is 8.31. The SMILES string of the molecule is CCCCCCCC/C=C/CCCCCCCC(=O)O[C@H](COC(=O)CC)COP(=O)(O)OCC[N+](C)(C)C.CCCCCCCCCCC. The Morgan fingerprint density at radius 2 is 1.06 bits per heavy atom. The summed E-state index contributed by atoms with van der Waals surface area (Å²) in [6.07, 6.45) is 32.2. The number of allylic oxidation sites excluding steroid dienone is 2. The van der Waals surface area contributed by atoms with Gasteiger partial charge in [-0.05, 0) is 32.1 Å². The largest absolute Gasteiger partial charge is 0.472 e. The molecular formula is C40H81NO8P+. The Bertz CT molecular complexity index is 838. The number of carbonyl (C=O) groups is 2. The topological polar surface area (TPSA) is 108 Å². The van der Waals surface area contributed by atoms with E-state index >= 15 is 0 Å². The molecule has 9 nitrogen and oxygen atoms in total. The number of carbonyl (C=O) groups excluding carboxylic acids is 2. The lowest BCUT2D eigenvalue weighted by molar-refractivity contribution is -0.870. The summed E-state index contributed by atoms with van der Waals surface area (Å²) in [5, 5.41) is 0. The molecule has 0 amide bonds. The van der Waals surface area contributed by atoms with Crippen LogP contribution >= 0.6 is 7.82 Å². The van der Waals surface area contributed by atoms with Crippen molar-refractivity contribution in [1.82, 2.24) is 0 Å². The highest BCUT2D eigenvalue weighted by Gasteiger charge is 2.26. The normalized spacial score (nSPS) is 13.4. The third-order valence-corrected chi connectivity index (χ3v) is 9.29. The lowest BCUT2D eigenvalue weighted by atomic mass is 10.1. The number of quaternary nitrogens is 1. The highest BCUT2D eigenvalue weighted by atomic mass is 31.2. The van der Waals surface area contributed by atoms with E-state index in [-0.39, 0.29) is 26.1 Å². The van der Waals surface area contributed by atoms with E-state index in [2.05, 4.69) is 32.9 Å². The van der Waals surface area contributed by atoms with Gasteiger partial charge in [0, 0.05) is 12.8 Å². The standard InChI is InChI=1S/C29H56NO8P.C11H24/c1-6-8-9-10-11-12-13-14-15-16-17-18-19-20-21-22-29(32)38-27(25-35-28(31)7-2)26-37-39(33,34)36-24-23-30(3,4)5;1-3-5-7-9-11-10-8-6-4-2/h14-15,27H,6-13,16-26H2,1-5H3;3-11H2,1-2H3/p+1/b15-14+;/t27-;/m1./s1. The zero-order chi connectivity index (χ0) is 37.8. The molecule has 0 bridgehead atoms. The van der Waals surface area contributed by atoms with E-state index in [0.29, 0.717) is 17.4 Å². The van der Waals surface area contributed by atoms with Crippen molar-refractivity contribution in [1.29, 1.82) is 0 Å². The molecule has 0 aliphatic heterocycles. The van der Waals surface area contributed by atoms with Gasteiger partial charge in [-0.3, -0.25) is 18.6 Å². The van der Waals surface area contributed by atoms with Crippen molar-refractivity contribution in [2.24, 2.45) is 0 Å². The van der Waals surface area contributed by atoms with E-state index in [1.54, 1.807) is 6.92 Å². The van der Waals surface area contributed by atoms with E-state index in [0.717, 1.165) is 32.1 Å². The Kier molecular flexibility index (Phi) is 36.7. The van der Waals surface area contributed by atoms with Crippen molar-refractivity contribution >= 4 is 19.8 Å². The first-order valence-corrected chi connectivity index (χ1v) is 21.8. The van der Waals surface area contributed by atoms with Crippen LogP contribution < -0.4 is 0 Å². The number of nitrogens with zero attached hydrogens (tertiary/aromatic N) is 1. The van der Waals surface area contributed by atoms with Gasteiger partial charge < -0.3 is 18.9 Å². The minimum atomic E-state index is -4.33. The van der Waals surface area contributed by atoms with Crippen LogP contribution in [0, 0.1) is 0 Å². The number of likely N-dealkylation sites (N-methyl/N-ethyl adjacent to an activating group) is 1. The van der Waals surface area contributed by atoms with E-state index < -0.39 is 32.5 Å². The van der Waals surface area contributed by atoms with Crippen LogP contribution in [0.5, 0.6) is 0 Å². The van der Waals surface area contributed by atoms with Gasteiger partial charge in [-0.15, -0.1) is 0 Å². The molecule has 2 atom stereocenters. The number of esters is 2. The summed E-state index contributed by atoms with van der Waals surface area (Å²) in [6, 6.07) is 0. The smallest absolute Gasteiger partial charge is 0.462 e. The Morgan fingerprint density at radius 1 is 0.620 bits per heavy atom. The fourth-order valence-corrected chi connectivity index (χ4v) is 5.76. The zero-order valence-electron chi connectivity index (χ0n) is 33.7. The molecule has 0 heterocycles. The van der Waals surface area contributed by atoms with Gasteiger partial charge in [0.25, 0.3) is 0 Å². The lowest BCUT2D eigenvalue weighted by Gasteiger charge is -2.24. The second-order valence-electron chi connectivity index (χ2n) is 14.6. The minimum absolute atomic E-state index is 0.0298. The quantitative estimate of drug-likeness (QED) is 0.0229. The number of phosphoric acid groups is 1. The summed E-state index contributed by atoms with van der Waals surface area (Å²) in [4.78, 5) is 33.8. The summed E-state index contributed by atoms with van der Waals surface area (Å²) < 4.78 is 33.2. The maximum atomic E-state index is 12.3. The molecule has 0 aromatic rings. The molecule has 298 valence electrons. The Morgan fingerprint density at radius 3 is 1.50 bits per heavy atom. The molecule has 0 rings (SSSR count). The molecule has 0 aromatic heterocycles. The van der Waals surface area contributed by atoms with Gasteiger partial charge in [-0.1, -0.05) is 149 Å². The number of ether oxygens (including phenoxy) is 2. The molecule has 0 aliphatic carbocycles. The first-order chi connectivity index (χ1) is 23.9. The first-order valence-electron chi connectivity index (χ1n) is 20.3. The molecule has 0 radical (unpaired) electrons. The van der Waals surface area contributed by atoms with Gasteiger partial charge in [0.05, 0.1) is 27.7 Å². The molecule has 10 heteroatoms.